The van der Waals surface area contributed by atoms with E-state index in [0.717, 1.165) is 43.5 Å². The first-order chi connectivity index (χ1) is 12.9. The Balaban J connectivity index is 1.18. The van der Waals surface area contributed by atoms with Crippen LogP contribution in [0.4, 0.5) is 5.82 Å². The summed E-state index contributed by atoms with van der Waals surface area (Å²) >= 11 is 0. The van der Waals surface area contributed by atoms with Crippen LogP contribution in [0.3, 0.4) is 0 Å². The van der Waals surface area contributed by atoms with E-state index in [1.165, 1.54) is 24.8 Å². The van der Waals surface area contributed by atoms with Crippen LogP contribution >= 0.6 is 0 Å². The van der Waals surface area contributed by atoms with Crippen molar-refractivity contribution < 1.29 is 0 Å². The molecule has 4 heterocycles. The molecule has 134 valence electrons. The predicted molar refractivity (Wildman–Crippen MR) is 99.0 cm³/mol. The molecule has 0 unspecified atom stereocenters. The van der Waals surface area contributed by atoms with Gasteiger partial charge in [0.15, 0.2) is 11.5 Å². The third kappa shape index (κ3) is 2.92. The summed E-state index contributed by atoms with van der Waals surface area (Å²) in [6.45, 7) is 4.02. The van der Waals surface area contributed by atoms with Gasteiger partial charge in [-0.25, -0.2) is 0 Å². The lowest BCUT2D eigenvalue weighted by Crippen LogP contribution is -2.51. The molecular weight excluding hydrogens is 326 g/mol. The van der Waals surface area contributed by atoms with Crippen LogP contribution in [0.15, 0.2) is 36.7 Å². The maximum atomic E-state index is 4.81. The monoisotopic (exact) mass is 349 g/mol. The normalized spacial score (nSPS) is 18.1. The zero-order valence-electron chi connectivity index (χ0n) is 14.8. The van der Waals surface area contributed by atoms with Gasteiger partial charge in [0.25, 0.3) is 0 Å². The molecule has 0 amide bonds. The van der Waals surface area contributed by atoms with Crippen molar-refractivity contribution in [3.63, 3.8) is 0 Å². The van der Waals surface area contributed by atoms with Crippen molar-refractivity contribution in [3.8, 4) is 0 Å². The summed E-state index contributed by atoms with van der Waals surface area (Å²) in [5.41, 5.74) is 2.13. The van der Waals surface area contributed by atoms with Crippen molar-refractivity contribution in [3.05, 3.63) is 48.0 Å². The molecule has 1 N–H and O–H groups in total. The Morgan fingerprint density at radius 2 is 1.88 bits per heavy atom. The van der Waals surface area contributed by atoms with Gasteiger partial charge >= 0.3 is 0 Å². The molecule has 1 saturated carbocycles. The van der Waals surface area contributed by atoms with Crippen LogP contribution in [0, 0.1) is 5.92 Å². The highest BCUT2D eigenvalue weighted by molar-refractivity contribution is 5.47. The molecule has 0 bridgehead atoms. The average Bonchev–Trinajstić information content (AvgIpc) is 2.99. The molecule has 7 nitrogen and oxygen atoms in total. The Hall–Kier alpha value is -2.54. The second-order valence-corrected chi connectivity index (χ2v) is 7.40. The first-order valence-corrected chi connectivity index (χ1v) is 9.44. The van der Waals surface area contributed by atoms with Gasteiger partial charge in [-0.2, -0.15) is 4.52 Å². The van der Waals surface area contributed by atoms with Gasteiger partial charge in [0.2, 0.25) is 0 Å². The lowest BCUT2D eigenvalue weighted by atomic mass is 9.85. The Labute approximate surface area is 152 Å². The van der Waals surface area contributed by atoms with E-state index < -0.39 is 0 Å². The van der Waals surface area contributed by atoms with Crippen LogP contribution in [0.2, 0.25) is 0 Å². The molecule has 26 heavy (non-hydrogen) atoms. The lowest BCUT2D eigenvalue weighted by molar-refractivity contribution is 0.378. The summed E-state index contributed by atoms with van der Waals surface area (Å²) in [5.74, 6) is 3.27. The van der Waals surface area contributed by atoms with E-state index in [9.17, 15) is 0 Å². The Bertz CT molecular complexity index is 881. The standard InChI is InChI=1S/C19H23N7/c1-2-16(3-1)19-23-22-17-4-5-18(24-26(17)19)25-12-15(13-25)11-21-10-14-6-8-20-9-7-14/h4-9,15-16,21H,1-3,10-13H2. The number of pyridine rings is 1. The number of nitrogens with one attached hydrogen (secondary N) is 1. The summed E-state index contributed by atoms with van der Waals surface area (Å²) in [6, 6.07) is 8.21. The molecule has 1 saturated heterocycles. The molecule has 0 spiro atoms. The molecule has 1 aliphatic carbocycles. The van der Waals surface area contributed by atoms with Crippen LogP contribution < -0.4 is 10.2 Å². The third-order valence-electron chi connectivity index (χ3n) is 5.54. The largest absolute Gasteiger partial charge is 0.354 e. The number of anilines is 1. The zero-order chi connectivity index (χ0) is 17.3. The second kappa shape index (κ2) is 6.64. The average molecular weight is 349 g/mol. The topological polar surface area (TPSA) is 71.2 Å². The van der Waals surface area contributed by atoms with E-state index in [4.69, 9.17) is 5.10 Å². The molecule has 2 aliphatic rings. The Morgan fingerprint density at radius 3 is 2.65 bits per heavy atom. The van der Waals surface area contributed by atoms with Gasteiger partial charge in [0.05, 0.1) is 0 Å². The molecule has 0 atom stereocenters. The second-order valence-electron chi connectivity index (χ2n) is 7.40. The van der Waals surface area contributed by atoms with Crippen molar-refractivity contribution in [2.24, 2.45) is 5.92 Å². The van der Waals surface area contributed by atoms with Crippen LogP contribution in [0.5, 0.6) is 0 Å². The van der Waals surface area contributed by atoms with E-state index in [0.29, 0.717) is 11.8 Å². The van der Waals surface area contributed by atoms with E-state index >= 15 is 0 Å². The minimum atomic E-state index is 0.536. The van der Waals surface area contributed by atoms with Crippen molar-refractivity contribution in [1.29, 1.82) is 0 Å². The highest BCUT2D eigenvalue weighted by Gasteiger charge is 2.29. The fourth-order valence-electron chi connectivity index (χ4n) is 3.69. The maximum Gasteiger partial charge on any atom is 0.178 e. The van der Waals surface area contributed by atoms with E-state index in [2.05, 4.69) is 43.6 Å². The minimum absolute atomic E-state index is 0.536. The van der Waals surface area contributed by atoms with Crippen LogP contribution in [-0.4, -0.2) is 44.4 Å². The van der Waals surface area contributed by atoms with Crippen molar-refractivity contribution in [1.82, 2.24) is 30.1 Å². The zero-order valence-corrected chi connectivity index (χ0v) is 14.8. The number of rotatable bonds is 6. The quantitative estimate of drug-likeness (QED) is 0.734. The number of hydrogen-bond donors (Lipinski definition) is 1. The van der Waals surface area contributed by atoms with Gasteiger partial charge < -0.3 is 10.2 Å². The van der Waals surface area contributed by atoms with Crippen molar-refractivity contribution in [2.45, 2.75) is 31.7 Å². The number of hydrogen-bond acceptors (Lipinski definition) is 6. The molecule has 3 aromatic rings. The fraction of sp³-hybridized carbons (Fsp3) is 0.474. The lowest BCUT2D eigenvalue weighted by Gasteiger charge is -2.40. The Kier molecular flexibility index (Phi) is 4.01. The summed E-state index contributed by atoms with van der Waals surface area (Å²) in [7, 11) is 0. The van der Waals surface area contributed by atoms with Crippen molar-refractivity contribution >= 4 is 11.5 Å². The summed E-state index contributed by atoms with van der Waals surface area (Å²) in [4.78, 5) is 6.39. The van der Waals surface area contributed by atoms with Gasteiger partial charge in [0.1, 0.15) is 5.82 Å². The molecule has 1 aliphatic heterocycles. The molecule has 7 heteroatoms. The Morgan fingerprint density at radius 1 is 1.04 bits per heavy atom. The minimum Gasteiger partial charge on any atom is -0.354 e. The first kappa shape index (κ1) is 15.7. The van der Waals surface area contributed by atoms with E-state index in [1.54, 1.807) is 0 Å². The molecule has 5 rings (SSSR count). The van der Waals surface area contributed by atoms with Gasteiger partial charge in [-0.05, 0) is 42.7 Å². The number of nitrogens with zero attached hydrogens (tertiary/aromatic N) is 6. The van der Waals surface area contributed by atoms with Crippen LogP contribution in [-0.2, 0) is 6.54 Å². The maximum absolute atomic E-state index is 4.81. The van der Waals surface area contributed by atoms with Gasteiger partial charge in [-0.3, -0.25) is 4.98 Å². The highest BCUT2D eigenvalue weighted by atomic mass is 15.4. The summed E-state index contributed by atoms with van der Waals surface area (Å²) in [5, 5.41) is 17.0. The smallest absolute Gasteiger partial charge is 0.178 e. The summed E-state index contributed by atoms with van der Waals surface area (Å²) < 4.78 is 1.95. The van der Waals surface area contributed by atoms with Gasteiger partial charge in [-0.1, -0.05) is 6.42 Å². The molecule has 2 fully saturated rings. The first-order valence-electron chi connectivity index (χ1n) is 9.44. The molecule has 0 aromatic carbocycles. The SMILES string of the molecule is c1cc(CNCC2CN(c3ccc4nnc(C5CCC5)n4n3)C2)ccn1. The van der Waals surface area contributed by atoms with Crippen LogP contribution in [0.25, 0.3) is 5.65 Å². The van der Waals surface area contributed by atoms with E-state index in [1.807, 2.05) is 23.0 Å². The molecular formula is C19H23N7. The van der Waals surface area contributed by atoms with Gasteiger partial charge in [0, 0.05) is 50.4 Å². The molecule has 0 radical (unpaired) electrons. The van der Waals surface area contributed by atoms with Crippen molar-refractivity contribution in [2.75, 3.05) is 24.5 Å². The number of aromatic nitrogens is 5. The third-order valence-corrected chi connectivity index (χ3v) is 5.54. The van der Waals surface area contributed by atoms with Gasteiger partial charge in [-0.15, -0.1) is 15.3 Å². The predicted octanol–water partition coefficient (Wildman–Crippen LogP) is 2.01. The summed E-state index contributed by atoms with van der Waals surface area (Å²) in [6.07, 6.45) is 7.39. The number of fused-ring (bicyclic) bond motifs is 1. The highest BCUT2D eigenvalue weighted by Crippen LogP contribution is 2.35. The van der Waals surface area contributed by atoms with Crippen LogP contribution in [0.1, 0.15) is 36.6 Å². The molecule has 3 aromatic heterocycles. The van der Waals surface area contributed by atoms with E-state index in [-0.39, 0.29) is 0 Å². The fourth-order valence-corrected chi connectivity index (χ4v) is 3.69.